The van der Waals surface area contributed by atoms with E-state index in [9.17, 15) is 0 Å². The van der Waals surface area contributed by atoms with E-state index in [1.54, 1.807) is 11.3 Å². The first-order valence-electron chi connectivity index (χ1n) is 5.78. The molecule has 1 aromatic carbocycles. The molecular weight excluding hydrogens is 310 g/mol. The largest absolute Gasteiger partial charge is 0.488 e. The van der Waals surface area contributed by atoms with Crippen LogP contribution in [0.2, 0.25) is 0 Å². The average molecular weight is 326 g/mol. The molecule has 2 N–H and O–H groups in total. The smallest absolute Gasteiger partial charge is 0.124 e. The zero-order chi connectivity index (χ0) is 13.1. The highest BCUT2D eigenvalue weighted by Crippen LogP contribution is 2.27. The van der Waals surface area contributed by atoms with Crippen molar-refractivity contribution in [1.82, 2.24) is 0 Å². The highest BCUT2D eigenvalue weighted by Gasteiger charge is 2.09. The fraction of sp³-hybridized carbons (Fsp3) is 0.286. The van der Waals surface area contributed by atoms with Gasteiger partial charge in [-0.25, -0.2) is 0 Å². The lowest BCUT2D eigenvalue weighted by molar-refractivity contribution is 0.305. The molecule has 0 spiro atoms. The molecule has 0 fully saturated rings. The van der Waals surface area contributed by atoms with Gasteiger partial charge in [-0.05, 0) is 47.5 Å². The molecule has 1 aromatic heterocycles. The molecule has 0 unspecified atom stereocenters. The van der Waals surface area contributed by atoms with Gasteiger partial charge in [-0.15, -0.1) is 11.3 Å². The highest BCUT2D eigenvalue weighted by atomic mass is 79.9. The van der Waals surface area contributed by atoms with Crippen LogP contribution in [0, 0.1) is 6.92 Å². The highest BCUT2D eigenvalue weighted by molar-refractivity contribution is 9.10. The SMILES string of the molecule is Cc1ccc([C@@H](C)N)c(OCc2cc(Br)cs2)c1. The molecule has 0 saturated carbocycles. The van der Waals surface area contributed by atoms with Crippen LogP contribution >= 0.6 is 27.3 Å². The quantitative estimate of drug-likeness (QED) is 0.903. The van der Waals surface area contributed by atoms with E-state index in [2.05, 4.69) is 40.4 Å². The Morgan fingerprint density at radius 1 is 1.39 bits per heavy atom. The summed E-state index contributed by atoms with van der Waals surface area (Å²) in [6, 6.07) is 8.20. The maximum Gasteiger partial charge on any atom is 0.124 e. The summed E-state index contributed by atoms with van der Waals surface area (Å²) >= 11 is 5.13. The summed E-state index contributed by atoms with van der Waals surface area (Å²) in [5.41, 5.74) is 8.19. The third-order valence-electron chi connectivity index (χ3n) is 2.65. The van der Waals surface area contributed by atoms with Gasteiger partial charge in [0, 0.05) is 26.3 Å². The summed E-state index contributed by atoms with van der Waals surface area (Å²) in [7, 11) is 0. The second-order valence-electron chi connectivity index (χ2n) is 4.35. The van der Waals surface area contributed by atoms with Crippen LogP contribution in [0.25, 0.3) is 0 Å². The lowest BCUT2D eigenvalue weighted by Gasteiger charge is -2.14. The van der Waals surface area contributed by atoms with Crippen molar-refractivity contribution in [3.8, 4) is 5.75 Å². The van der Waals surface area contributed by atoms with Gasteiger partial charge in [0.25, 0.3) is 0 Å². The fourth-order valence-electron chi connectivity index (χ4n) is 1.72. The van der Waals surface area contributed by atoms with Gasteiger partial charge in [-0.2, -0.15) is 0 Å². The molecule has 2 aromatic rings. The zero-order valence-electron chi connectivity index (χ0n) is 10.4. The van der Waals surface area contributed by atoms with Gasteiger partial charge < -0.3 is 10.5 Å². The minimum absolute atomic E-state index is 0.0179. The van der Waals surface area contributed by atoms with Crippen molar-refractivity contribution in [2.24, 2.45) is 5.73 Å². The molecule has 0 aliphatic carbocycles. The topological polar surface area (TPSA) is 35.2 Å². The number of aryl methyl sites for hydroxylation is 1. The Morgan fingerprint density at radius 2 is 2.17 bits per heavy atom. The number of nitrogens with two attached hydrogens (primary N) is 1. The van der Waals surface area contributed by atoms with Crippen molar-refractivity contribution in [2.75, 3.05) is 0 Å². The van der Waals surface area contributed by atoms with Crippen LogP contribution in [-0.4, -0.2) is 0 Å². The van der Waals surface area contributed by atoms with Crippen molar-refractivity contribution in [3.63, 3.8) is 0 Å². The number of ether oxygens (including phenoxy) is 1. The van der Waals surface area contributed by atoms with E-state index < -0.39 is 0 Å². The lowest BCUT2D eigenvalue weighted by Crippen LogP contribution is -2.08. The molecule has 1 heterocycles. The number of hydrogen-bond donors (Lipinski definition) is 1. The normalized spacial score (nSPS) is 12.4. The molecule has 0 saturated heterocycles. The second-order valence-corrected chi connectivity index (χ2v) is 6.26. The van der Waals surface area contributed by atoms with Crippen LogP contribution in [0.3, 0.4) is 0 Å². The average Bonchev–Trinajstić information content (AvgIpc) is 2.72. The molecule has 0 bridgehead atoms. The van der Waals surface area contributed by atoms with E-state index in [4.69, 9.17) is 10.5 Å². The number of rotatable bonds is 4. The van der Waals surface area contributed by atoms with E-state index in [0.29, 0.717) is 6.61 Å². The van der Waals surface area contributed by atoms with E-state index in [1.807, 2.05) is 19.1 Å². The summed E-state index contributed by atoms with van der Waals surface area (Å²) < 4.78 is 6.99. The second kappa shape index (κ2) is 5.87. The van der Waals surface area contributed by atoms with Gasteiger partial charge in [0.2, 0.25) is 0 Å². The molecule has 2 nitrogen and oxygen atoms in total. The summed E-state index contributed by atoms with van der Waals surface area (Å²) in [5.74, 6) is 0.884. The van der Waals surface area contributed by atoms with Crippen molar-refractivity contribution in [3.05, 3.63) is 50.1 Å². The standard InChI is InChI=1S/C14H16BrNOS/c1-9-3-4-13(10(2)16)14(5-9)17-7-12-6-11(15)8-18-12/h3-6,8,10H,7,16H2,1-2H3/t10-/m1/s1. The molecule has 4 heteroatoms. The zero-order valence-corrected chi connectivity index (χ0v) is 12.8. The Bertz CT molecular complexity index is 536. The molecule has 18 heavy (non-hydrogen) atoms. The van der Waals surface area contributed by atoms with Crippen LogP contribution in [0.4, 0.5) is 0 Å². The summed E-state index contributed by atoms with van der Waals surface area (Å²) in [5, 5.41) is 2.06. The van der Waals surface area contributed by atoms with Crippen LogP contribution in [-0.2, 0) is 6.61 Å². The maximum absolute atomic E-state index is 5.95. The number of hydrogen-bond acceptors (Lipinski definition) is 3. The van der Waals surface area contributed by atoms with Gasteiger partial charge in [-0.1, -0.05) is 12.1 Å². The Kier molecular flexibility index (Phi) is 4.43. The van der Waals surface area contributed by atoms with E-state index >= 15 is 0 Å². The predicted octanol–water partition coefficient (Wildman–Crippen LogP) is 4.42. The molecule has 2 rings (SSSR count). The Labute approximate surface area is 120 Å². The minimum atomic E-state index is -0.0179. The Hall–Kier alpha value is -0.840. The van der Waals surface area contributed by atoms with E-state index in [1.165, 1.54) is 10.4 Å². The van der Waals surface area contributed by atoms with Crippen LogP contribution in [0.5, 0.6) is 5.75 Å². The minimum Gasteiger partial charge on any atom is -0.488 e. The van der Waals surface area contributed by atoms with Gasteiger partial charge in [0.15, 0.2) is 0 Å². The molecule has 96 valence electrons. The third kappa shape index (κ3) is 3.34. The molecule has 0 radical (unpaired) electrons. The summed E-state index contributed by atoms with van der Waals surface area (Å²) in [4.78, 5) is 1.19. The van der Waals surface area contributed by atoms with Gasteiger partial charge >= 0.3 is 0 Å². The maximum atomic E-state index is 5.95. The molecule has 0 amide bonds. The van der Waals surface area contributed by atoms with Gasteiger partial charge in [-0.3, -0.25) is 0 Å². The molecule has 1 atom stereocenters. The predicted molar refractivity (Wildman–Crippen MR) is 80.1 cm³/mol. The molecule has 0 aliphatic heterocycles. The first kappa shape index (κ1) is 13.6. The molecule has 0 aliphatic rings. The van der Waals surface area contributed by atoms with E-state index in [-0.39, 0.29) is 6.04 Å². The van der Waals surface area contributed by atoms with Crippen LogP contribution in [0.1, 0.15) is 29.0 Å². The van der Waals surface area contributed by atoms with Crippen molar-refractivity contribution in [2.45, 2.75) is 26.5 Å². The number of halogens is 1. The first-order valence-corrected chi connectivity index (χ1v) is 7.45. The van der Waals surface area contributed by atoms with Crippen molar-refractivity contribution >= 4 is 27.3 Å². The Balaban J connectivity index is 2.15. The third-order valence-corrected chi connectivity index (χ3v) is 4.32. The summed E-state index contributed by atoms with van der Waals surface area (Å²) in [6.45, 7) is 4.61. The first-order chi connectivity index (χ1) is 8.56. The van der Waals surface area contributed by atoms with E-state index in [0.717, 1.165) is 15.8 Å². The number of benzene rings is 1. The Morgan fingerprint density at radius 3 is 2.78 bits per heavy atom. The lowest BCUT2D eigenvalue weighted by atomic mass is 10.1. The van der Waals surface area contributed by atoms with Crippen LogP contribution < -0.4 is 10.5 Å². The monoisotopic (exact) mass is 325 g/mol. The number of thiophene rings is 1. The van der Waals surface area contributed by atoms with Gasteiger partial charge in [0.05, 0.1) is 0 Å². The molecular formula is C14H16BrNOS. The van der Waals surface area contributed by atoms with Crippen LogP contribution in [0.15, 0.2) is 34.1 Å². The van der Waals surface area contributed by atoms with Crippen molar-refractivity contribution < 1.29 is 4.74 Å². The van der Waals surface area contributed by atoms with Gasteiger partial charge in [0.1, 0.15) is 12.4 Å². The summed E-state index contributed by atoms with van der Waals surface area (Å²) in [6.07, 6.45) is 0. The van der Waals surface area contributed by atoms with Crippen molar-refractivity contribution in [1.29, 1.82) is 0 Å². The fourth-order valence-corrected chi connectivity index (χ4v) is 3.08.